The Morgan fingerprint density at radius 3 is 2.58 bits per heavy atom. The van der Waals surface area contributed by atoms with Crippen LogP contribution in [0, 0.1) is 13.8 Å². The molecule has 0 saturated heterocycles. The second-order valence-corrected chi connectivity index (χ2v) is 8.56. The quantitative estimate of drug-likeness (QED) is 0.599. The number of hydrogen-bond acceptors (Lipinski definition) is 2. The minimum Gasteiger partial charge on any atom is -0.480 e. The molecule has 1 aromatic heterocycles. The van der Waals surface area contributed by atoms with E-state index in [1.165, 1.54) is 0 Å². The first-order chi connectivity index (χ1) is 15.7. The molecule has 0 saturated carbocycles. The summed E-state index contributed by atoms with van der Waals surface area (Å²) in [6.45, 7) is -0.621. The molecule has 6 nitrogen and oxygen atoms in total. The number of carbonyl (C=O) groups is 2. The van der Waals surface area contributed by atoms with E-state index in [9.17, 15) is 14.7 Å². The number of carboxylic acids is 1. The lowest BCUT2D eigenvalue weighted by Gasteiger charge is -2.30. The highest BCUT2D eigenvalue weighted by Gasteiger charge is 2.52. The highest BCUT2D eigenvalue weighted by molar-refractivity contribution is 6.58. The lowest BCUT2D eigenvalue weighted by Crippen LogP contribution is -2.50. The average Bonchev–Trinajstić information content (AvgIpc) is 3.31. The summed E-state index contributed by atoms with van der Waals surface area (Å²) in [5.41, 5.74) is 3.49. The summed E-state index contributed by atoms with van der Waals surface area (Å²) in [5.74, 6) is -1.59. The van der Waals surface area contributed by atoms with Crippen molar-refractivity contribution in [1.29, 1.82) is 0 Å². The molecule has 2 N–H and O–H groups in total. The maximum Gasteiger partial charge on any atom is 0.737 e. The van der Waals surface area contributed by atoms with E-state index in [-0.39, 0.29) is 19.3 Å². The molecule has 33 heavy (non-hydrogen) atoms. The second kappa shape index (κ2) is 8.81. The first-order valence-electron chi connectivity index (χ1n) is 11.0. The summed E-state index contributed by atoms with van der Waals surface area (Å²) >= 11 is 0. The molecule has 0 radical (unpaired) electrons. The standard InChI is InChI=1S/C24H26BF2N3O3/c1-16-14-17(2)29-22(16)15-20-10-9-19(30(20)25(29,26)27)11-13-23(31)28-21(24(32)33)12-8-18-6-4-3-5-7-18/h3-7,9-10,14-15,21H,8,11-13H2,1-2H3,(H,28,31)(H,32,33)/t21-/m0/s1. The van der Waals surface area contributed by atoms with Crippen molar-refractivity contribution in [1.82, 2.24) is 9.79 Å². The number of nitrogens with zero attached hydrogens (tertiary/aromatic N) is 2. The number of fused-ring (bicyclic) bond motifs is 2. The number of hydrogen-bond donors (Lipinski definition) is 2. The summed E-state index contributed by atoms with van der Waals surface area (Å²) in [6.07, 6.45) is 5.72. The molecule has 2 aromatic rings. The molecule has 4 rings (SSSR count). The average molecular weight is 453 g/mol. The van der Waals surface area contributed by atoms with Gasteiger partial charge in [0.15, 0.2) is 5.70 Å². The highest BCUT2D eigenvalue weighted by Crippen LogP contribution is 2.34. The molecular formula is C24H26BF2N3O3. The smallest absolute Gasteiger partial charge is 0.480 e. The number of nitrogens with one attached hydrogen (secondary N) is 1. The van der Waals surface area contributed by atoms with E-state index >= 15 is 8.63 Å². The molecule has 9 heteroatoms. The number of rotatable bonds is 8. The van der Waals surface area contributed by atoms with Crippen molar-refractivity contribution in [3.63, 3.8) is 0 Å². The van der Waals surface area contributed by atoms with Crippen molar-refractivity contribution >= 4 is 30.6 Å². The van der Waals surface area contributed by atoms with Crippen LogP contribution in [0.4, 0.5) is 8.63 Å². The van der Waals surface area contributed by atoms with Crippen molar-refractivity contribution in [2.24, 2.45) is 0 Å². The fourth-order valence-corrected chi connectivity index (χ4v) is 4.62. The van der Waals surface area contributed by atoms with Crippen LogP contribution < -0.4 is 5.32 Å². The van der Waals surface area contributed by atoms with E-state index in [1.54, 1.807) is 31.2 Å². The van der Waals surface area contributed by atoms with Crippen LogP contribution in [0.2, 0.25) is 0 Å². The van der Waals surface area contributed by atoms with Gasteiger partial charge in [0.1, 0.15) is 11.8 Å². The summed E-state index contributed by atoms with van der Waals surface area (Å²) in [6, 6.07) is 10.1. The zero-order chi connectivity index (χ0) is 23.8. The highest BCUT2D eigenvalue weighted by atomic mass is 19.2. The van der Waals surface area contributed by atoms with Gasteiger partial charge in [0, 0.05) is 36.8 Å². The van der Waals surface area contributed by atoms with Gasteiger partial charge in [-0.3, -0.25) is 4.79 Å². The van der Waals surface area contributed by atoms with E-state index in [1.807, 2.05) is 37.3 Å². The molecule has 0 spiro atoms. The van der Waals surface area contributed by atoms with Crippen molar-refractivity contribution in [2.75, 3.05) is 0 Å². The Morgan fingerprint density at radius 1 is 1.15 bits per heavy atom. The van der Waals surface area contributed by atoms with Gasteiger partial charge in [-0.05, 0) is 49.6 Å². The zero-order valence-corrected chi connectivity index (χ0v) is 18.6. The van der Waals surface area contributed by atoms with Crippen LogP contribution in [-0.2, 0) is 16.0 Å². The number of halogens is 2. The van der Waals surface area contributed by atoms with Crippen LogP contribution in [0.15, 0.2) is 54.2 Å². The molecular weight excluding hydrogens is 427 g/mol. The largest absolute Gasteiger partial charge is 0.737 e. The molecule has 1 atom stereocenters. The van der Waals surface area contributed by atoms with Crippen LogP contribution in [0.1, 0.15) is 41.8 Å². The predicted octanol–water partition coefficient (Wildman–Crippen LogP) is 3.69. The molecule has 3 heterocycles. The monoisotopic (exact) mass is 453 g/mol. The molecule has 2 aliphatic heterocycles. The Hall–Kier alpha value is -3.49. The molecule has 172 valence electrons. The van der Waals surface area contributed by atoms with Gasteiger partial charge in [-0.25, -0.2) is 4.79 Å². The molecule has 0 bridgehead atoms. The third kappa shape index (κ3) is 4.40. The molecule has 0 unspecified atom stereocenters. The van der Waals surface area contributed by atoms with E-state index in [0.717, 1.165) is 20.1 Å². The minimum absolute atomic E-state index is 0.0800. The minimum atomic E-state index is -4.08. The lowest BCUT2D eigenvalue weighted by molar-refractivity contribution is -0.362. The molecule has 1 aromatic carbocycles. The van der Waals surface area contributed by atoms with Gasteiger partial charge in [0.2, 0.25) is 5.91 Å². The topological polar surface area (TPSA) is 74.3 Å². The van der Waals surface area contributed by atoms with Gasteiger partial charge in [-0.2, -0.15) is 0 Å². The first kappa shape index (κ1) is 22.7. The number of benzene rings is 1. The predicted molar refractivity (Wildman–Crippen MR) is 123 cm³/mol. The van der Waals surface area contributed by atoms with E-state index in [0.29, 0.717) is 29.2 Å². The first-order valence-corrected chi connectivity index (χ1v) is 11.0. The molecule has 0 fully saturated rings. The second-order valence-electron chi connectivity index (χ2n) is 8.56. The Bertz CT molecular complexity index is 1200. The summed E-state index contributed by atoms with van der Waals surface area (Å²) < 4.78 is 33.0. The Balaban J connectivity index is 1.44. The fourth-order valence-electron chi connectivity index (χ4n) is 4.62. The third-order valence-electron chi connectivity index (χ3n) is 6.21. The number of carboxylic acid groups (broad SMARTS) is 1. The van der Waals surface area contributed by atoms with Crippen molar-refractivity contribution < 1.29 is 27.8 Å². The van der Waals surface area contributed by atoms with Gasteiger partial charge in [0.05, 0.1) is 0 Å². The van der Waals surface area contributed by atoms with Crippen molar-refractivity contribution in [3.05, 3.63) is 76.8 Å². The number of amides is 1. The number of aromatic nitrogens is 1. The van der Waals surface area contributed by atoms with Crippen LogP contribution in [0.5, 0.6) is 0 Å². The third-order valence-corrected chi connectivity index (χ3v) is 6.21. The maximum absolute atomic E-state index is 15.5. The SMILES string of the molecule is Cc1cc(C)n2c1C=C1C=CC(CCC(=O)N[C@@H](CCc3ccccc3)C(=O)O)=[N+]1[B-]2(F)F. The summed E-state index contributed by atoms with van der Waals surface area (Å²) in [4.78, 5) is 24.1. The number of aryl methyl sites for hydroxylation is 3. The van der Waals surface area contributed by atoms with Gasteiger partial charge >= 0.3 is 12.9 Å². The Morgan fingerprint density at radius 2 is 1.88 bits per heavy atom. The lowest BCUT2D eigenvalue weighted by atomic mass is 9.90. The summed E-state index contributed by atoms with van der Waals surface area (Å²) in [5, 5.41) is 12.0. The van der Waals surface area contributed by atoms with Crippen LogP contribution >= 0.6 is 0 Å². The van der Waals surface area contributed by atoms with Crippen LogP contribution in [0.25, 0.3) is 6.08 Å². The van der Waals surface area contributed by atoms with E-state index < -0.39 is 24.9 Å². The molecule has 0 aliphatic carbocycles. The normalized spacial score (nSPS) is 16.8. The molecule has 2 aliphatic rings. The van der Waals surface area contributed by atoms with E-state index in [2.05, 4.69) is 5.32 Å². The summed E-state index contributed by atoms with van der Waals surface area (Å²) in [7, 11) is 0. The van der Waals surface area contributed by atoms with E-state index in [4.69, 9.17) is 0 Å². The Labute approximate surface area is 191 Å². The fraction of sp³-hybridized carbons (Fsp3) is 0.292. The van der Waals surface area contributed by atoms with Crippen LogP contribution in [0.3, 0.4) is 0 Å². The van der Waals surface area contributed by atoms with Gasteiger partial charge in [0.25, 0.3) is 0 Å². The van der Waals surface area contributed by atoms with Gasteiger partial charge in [-0.15, -0.1) is 0 Å². The van der Waals surface area contributed by atoms with Gasteiger partial charge < -0.3 is 28.0 Å². The number of carbonyl (C=O) groups excluding carboxylic acids is 1. The van der Waals surface area contributed by atoms with Gasteiger partial charge in [-0.1, -0.05) is 30.3 Å². The maximum atomic E-state index is 15.5. The molecule has 1 amide bonds. The Kier molecular flexibility index (Phi) is 6.06. The van der Waals surface area contributed by atoms with Crippen molar-refractivity contribution in [2.45, 2.75) is 45.6 Å². The number of allylic oxidation sites excluding steroid dienone is 2. The van der Waals surface area contributed by atoms with Crippen LogP contribution in [-0.4, -0.2) is 44.7 Å². The van der Waals surface area contributed by atoms with Crippen molar-refractivity contribution in [3.8, 4) is 0 Å². The number of aliphatic carboxylic acids is 1. The zero-order valence-electron chi connectivity index (χ0n) is 18.6.